The van der Waals surface area contributed by atoms with E-state index in [-0.39, 0.29) is 5.63 Å². The third kappa shape index (κ3) is 3.22. The van der Waals surface area contributed by atoms with E-state index in [2.05, 4.69) is 29.6 Å². The molecule has 0 bridgehead atoms. The van der Waals surface area contributed by atoms with E-state index in [0.717, 1.165) is 29.4 Å². The molecule has 1 aliphatic rings. The summed E-state index contributed by atoms with van der Waals surface area (Å²) in [4.78, 5) is 11.9. The highest BCUT2D eigenvalue weighted by Crippen LogP contribution is 2.30. The fraction of sp³-hybridized carbons (Fsp3) is 0.286. The molecule has 0 saturated carbocycles. The van der Waals surface area contributed by atoms with Gasteiger partial charge in [0.1, 0.15) is 5.58 Å². The molecule has 4 rings (SSSR count). The maximum Gasteiger partial charge on any atom is 0.336 e. The van der Waals surface area contributed by atoms with Crippen LogP contribution in [0.5, 0.6) is 0 Å². The van der Waals surface area contributed by atoms with Crippen LogP contribution >= 0.6 is 11.6 Å². The Morgan fingerprint density at radius 2 is 2.08 bits per heavy atom. The van der Waals surface area contributed by atoms with Gasteiger partial charge in [0.2, 0.25) is 0 Å². The number of benzene rings is 2. The highest BCUT2D eigenvalue weighted by Gasteiger charge is 2.19. The van der Waals surface area contributed by atoms with E-state index in [0.29, 0.717) is 23.2 Å². The van der Waals surface area contributed by atoms with Crippen LogP contribution < -0.4 is 10.9 Å². The van der Waals surface area contributed by atoms with Crippen molar-refractivity contribution in [2.24, 2.45) is 0 Å². The minimum atomic E-state index is -0.324. The minimum absolute atomic E-state index is 0.313. The average Bonchev–Trinajstić information content (AvgIpc) is 2.61. The summed E-state index contributed by atoms with van der Waals surface area (Å²) < 4.78 is 5.34. The topological polar surface area (TPSA) is 42.2 Å². The molecule has 1 atom stereocenters. The molecule has 0 fully saturated rings. The van der Waals surface area contributed by atoms with Crippen molar-refractivity contribution in [1.82, 2.24) is 5.32 Å². The fourth-order valence-corrected chi connectivity index (χ4v) is 3.86. The molecule has 1 unspecified atom stereocenters. The second-order valence-corrected chi connectivity index (χ2v) is 7.12. The molecule has 3 aromatic rings. The number of nitrogens with one attached hydrogen (secondary N) is 1. The van der Waals surface area contributed by atoms with Crippen LogP contribution in [-0.2, 0) is 13.0 Å². The van der Waals surface area contributed by atoms with Crippen LogP contribution in [0.3, 0.4) is 0 Å². The molecular weight excluding hydrogens is 334 g/mol. The number of aryl methyl sites for hydroxylation is 2. The van der Waals surface area contributed by atoms with Gasteiger partial charge in [0, 0.05) is 29.1 Å². The van der Waals surface area contributed by atoms with Gasteiger partial charge in [0.05, 0.1) is 0 Å². The molecule has 0 spiro atoms. The molecule has 2 aromatic carbocycles. The van der Waals surface area contributed by atoms with Gasteiger partial charge >= 0.3 is 5.63 Å². The summed E-state index contributed by atoms with van der Waals surface area (Å²) in [5, 5.41) is 5.20. The molecule has 4 heteroatoms. The molecule has 1 aromatic heterocycles. The number of halogens is 1. The minimum Gasteiger partial charge on any atom is -0.423 e. The maximum atomic E-state index is 11.9. The van der Waals surface area contributed by atoms with Gasteiger partial charge in [0.25, 0.3) is 0 Å². The van der Waals surface area contributed by atoms with E-state index in [1.165, 1.54) is 17.5 Å². The Labute approximate surface area is 151 Å². The van der Waals surface area contributed by atoms with E-state index in [4.69, 9.17) is 16.0 Å². The Kier molecular flexibility index (Phi) is 4.36. The van der Waals surface area contributed by atoms with Crippen molar-refractivity contribution in [3.63, 3.8) is 0 Å². The third-order valence-corrected chi connectivity index (χ3v) is 5.42. The number of hydrogen-bond acceptors (Lipinski definition) is 3. The maximum absolute atomic E-state index is 11.9. The summed E-state index contributed by atoms with van der Waals surface area (Å²) in [6.45, 7) is 2.52. The van der Waals surface area contributed by atoms with Crippen molar-refractivity contribution >= 4 is 22.6 Å². The Balaban J connectivity index is 1.66. The summed E-state index contributed by atoms with van der Waals surface area (Å²) in [5.41, 5.74) is 4.89. The average molecular weight is 354 g/mol. The molecule has 25 heavy (non-hydrogen) atoms. The molecule has 1 heterocycles. The summed E-state index contributed by atoms with van der Waals surface area (Å²) in [5.74, 6) is 0. The van der Waals surface area contributed by atoms with Crippen LogP contribution in [-0.4, -0.2) is 0 Å². The first-order chi connectivity index (χ1) is 12.1. The van der Waals surface area contributed by atoms with Crippen LogP contribution in [0.25, 0.3) is 11.0 Å². The summed E-state index contributed by atoms with van der Waals surface area (Å²) >= 11 is 6.28. The zero-order valence-corrected chi connectivity index (χ0v) is 14.9. The second-order valence-electron chi connectivity index (χ2n) is 6.71. The van der Waals surface area contributed by atoms with Gasteiger partial charge in [-0.15, -0.1) is 0 Å². The molecule has 1 aliphatic carbocycles. The highest BCUT2D eigenvalue weighted by molar-refractivity contribution is 6.32. The van der Waals surface area contributed by atoms with Gasteiger partial charge in [-0.3, -0.25) is 0 Å². The van der Waals surface area contributed by atoms with Gasteiger partial charge < -0.3 is 9.73 Å². The number of fused-ring (bicyclic) bond motifs is 2. The summed E-state index contributed by atoms with van der Waals surface area (Å²) in [6, 6.07) is 14.2. The predicted octanol–water partition coefficient (Wildman–Crippen LogP) is 4.92. The lowest BCUT2D eigenvalue weighted by Crippen LogP contribution is -2.25. The van der Waals surface area contributed by atoms with Gasteiger partial charge in [0.15, 0.2) is 0 Å². The first-order valence-electron chi connectivity index (χ1n) is 8.66. The zero-order valence-electron chi connectivity index (χ0n) is 14.1. The second kappa shape index (κ2) is 6.66. The van der Waals surface area contributed by atoms with Crippen LogP contribution in [0.4, 0.5) is 0 Å². The van der Waals surface area contributed by atoms with Crippen molar-refractivity contribution in [3.8, 4) is 0 Å². The quantitative estimate of drug-likeness (QED) is 0.679. The first kappa shape index (κ1) is 16.4. The molecule has 128 valence electrons. The predicted molar refractivity (Wildman–Crippen MR) is 101 cm³/mol. The Bertz CT molecular complexity index is 993. The molecule has 0 aliphatic heterocycles. The van der Waals surface area contributed by atoms with Crippen molar-refractivity contribution in [3.05, 3.63) is 80.2 Å². The molecule has 1 N–H and O–H groups in total. The lowest BCUT2D eigenvalue weighted by molar-refractivity contribution is 0.458. The van der Waals surface area contributed by atoms with Crippen molar-refractivity contribution in [1.29, 1.82) is 0 Å². The van der Waals surface area contributed by atoms with Crippen molar-refractivity contribution < 1.29 is 4.42 Å². The molecule has 0 radical (unpaired) electrons. The highest BCUT2D eigenvalue weighted by atomic mass is 35.5. The Hall–Kier alpha value is -2.10. The lowest BCUT2D eigenvalue weighted by Gasteiger charge is -2.26. The van der Waals surface area contributed by atoms with E-state index >= 15 is 0 Å². The summed E-state index contributed by atoms with van der Waals surface area (Å²) in [6.07, 6.45) is 3.43. The summed E-state index contributed by atoms with van der Waals surface area (Å²) in [7, 11) is 0. The fourth-order valence-electron chi connectivity index (χ4n) is 3.69. The van der Waals surface area contributed by atoms with E-state index in [1.807, 2.05) is 19.1 Å². The van der Waals surface area contributed by atoms with Gasteiger partial charge in [-0.25, -0.2) is 4.79 Å². The Morgan fingerprint density at radius 3 is 2.96 bits per heavy atom. The zero-order chi connectivity index (χ0) is 17.4. The van der Waals surface area contributed by atoms with E-state index in [9.17, 15) is 4.79 Å². The third-order valence-electron chi connectivity index (χ3n) is 5.02. The van der Waals surface area contributed by atoms with Crippen molar-refractivity contribution in [2.45, 2.75) is 38.8 Å². The van der Waals surface area contributed by atoms with Gasteiger partial charge in [-0.2, -0.15) is 0 Å². The molecular formula is C21H20ClNO2. The number of hydrogen-bond donors (Lipinski definition) is 1. The van der Waals surface area contributed by atoms with Gasteiger partial charge in [-0.05, 0) is 60.6 Å². The normalized spacial score (nSPS) is 16.8. The molecule has 3 nitrogen and oxygen atoms in total. The van der Waals surface area contributed by atoms with E-state index in [1.54, 1.807) is 6.07 Å². The smallest absolute Gasteiger partial charge is 0.336 e. The molecule has 0 saturated heterocycles. The Morgan fingerprint density at radius 1 is 1.24 bits per heavy atom. The monoisotopic (exact) mass is 353 g/mol. The van der Waals surface area contributed by atoms with E-state index < -0.39 is 0 Å². The SMILES string of the molecule is Cc1cc2oc(=O)cc(CNC3CCCc4ccccc43)c2cc1Cl. The number of rotatable bonds is 3. The van der Waals surface area contributed by atoms with Crippen molar-refractivity contribution in [2.75, 3.05) is 0 Å². The van der Waals surface area contributed by atoms with Gasteiger partial charge in [-0.1, -0.05) is 35.9 Å². The van der Waals surface area contributed by atoms with Crippen LogP contribution in [0.15, 0.2) is 51.7 Å². The first-order valence-corrected chi connectivity index (χ1v) is 9.03. The standard InChI is InChI=1S/C21H20ClNO2/c1-13-9-20-17(11-18(13)22)15(10-21(24)25-20)12-23-19-8-4-6-14-5-2-3-7-16(14)19/h2-3,5,7,9-11,19,23H,4,6,8,12H2,1H3. The molecule has 0 amide bonds. The van der Waals surface area contributed by atoms with Crippen LogP contribution in [0, 0.1) is 6.92 Å². The van der Waals surface area contributed by atoms with Crippen LogP contribution in [0.2, 0.25) is 5.02 Å². The largest absolute Gasteiger partial charge is 0.423 e. The van der Waals surface area contributed by atoms with Crippen LogP contribution in [0.1, 0.15) is 41.1 Å². The lowest BCUT2D eigenvalue weighted by atomic mass is 9.87.